The lowest BCUT2D eigenvalue weighted by molar-refractivity contribution is 0.111. The summed E-state index contributed by atoms with van der Waals surface area (Å²) in [6, 6.07) is 19.5. The fourth-order valence-corrected chi connectivity index (χ4v) is 5.12. The maximum Gasteiger partial charge on any atom is 0.240 e. The molecule has 1 atom stereocenters. The number of nitrogens with one attached hydrogen (secondary N) is 1. The summed E-state index contributed by atoms with van der Waals surface area (Å²) in [4.78, 5) is 4.40. The van der Waals surface area contributed by atoms with Gasteiger partial charge in [-0.15, -0.1) is 0 Å². The average Bonchev–Trinajstić information content (AvgIpc) is 2.82. The lowest BCUT2D eigenvalue weighted by atomic mass is 10.0. The van der Waals surface area contributed by atoms with Crippen molar-refractivity contribution < 1.29 is 17.5 Å². The molecule has 0 radical (unpaired) electrons. The highest BCUT2D eigenvalue weighted by Crippen LogP contribution is 2.27. The van der Waals surface area contributed by atoms with Gasteiger partial charge in [-0.1, -0.05) is 35.9 Å². The first-order valence-electron chi connectivity index (χ1n) is 11.0. The van der Waals surface area contributed by atoms with Crippen molar-refractivity contribution in [2.75, 3.05) is 39.8 Å². The number of ether oxygens (including phenoxy) is 1. The highest BCUT2D eigenvalue weighted by molar-refractivity contribution is 7.89. The van der Waals surface area contributed by atoms with Gasteiger partial charge in [-0.05, 0) is 55.6 Å². The lowest BCUT2D eigenvalue weighted by Gasteiger charge is -2.38. The molecule has 4 rings (SSSR count). The van der Waals surface area contributed by atoms with Gasteiger partial charge in [0, 0.05) is 43.3 Å². The summed E-state index contributed by atoms with van der Waals surface area (Å²) in [5.74, 6) is 0.748. The Labute approximate surface area is 205 Å². The Kier molecular flexibility index (Phi) is 7.85. The molecule has 1 saturated heterocycles. The summed E-state index contributed by atoms with van der Waals surface area (Å²) >= 11 is 5.94. The van der Waals surface area contributed by atoms with Crippen molar-refractivity contribution in [1.29, 1.82) is 0 Å². The van der Waals surface area contributed by atoms with Gasteiger partial charge in [0.25, 0.3) is 0 Å². The van der Waals surface area contributed by atoms with Crippen LogP contribution >= 0.6 is 11.6 Å². The third-order valence-corrected chi connectivity index (χ3v) is 7.55. The van der Waals surface area contributed by atoms with Crippen LogP contribution in [0.25, 0.3) is 0 Å². The molecule has 6 nitrogen and oxygen atoms in total. The number of piperazine rings is 1. The van der Waals surface area contributed by atoms with Crippen LogP contribution in [0.4, 0.5) is 4.39 Å². The van der Waals surface area contributed by atoms with E-state index in [1.807, 2.05) is 37.4 Å². The number of likely N-dealkylation sites (N-methyl/N-ethyl adjacent to an activating group) is 1. The first kappa shape index (κ1) is 24.6. The van der Waals surface area contributed by atoms with Gasteiger partial charge in [0.1, 0.15) is 17.3 Å². The summed E-state index contributed by atoms with van der Waals surface area (Å²) in [7, 11) is -1.78. The standard InChI is InChI=1S/C25H27ClFN3O3S/c1-29-13-15-30(16-14-29)25(23-12-7-19(26)17-24(23)27)18-28-34(31,32)22-10-8-21(9-11-22)33-20-5-3-2-4-6-20/h2-12,17,25,28H,13-16,18H2,1H3. The van der Waals surface area contributed by atoms with Gasteiger partial charge < -0.3 is 9.64 Å². The van der Waals surface area contributed by atoms with Crippen molar-refractivity contribution in [2.24, 2.45) is 0 Å². The molecule has 0 aromatic heterocycles. The highest BCUT2D eigenvalue weighted by atomic mass is 35.5. The normalized spacial score (nSPS) is 16.3. The molecule has 180 valence electrons. The summed E-state index contributed by atoms with van der Waals surface area (Å²) in [6.07, 6.45) is 0. The van der Waals surface area contributed by atoms with Crippen LogP contribution in [-0.4, -0.2) is 58.0 Å². The smallest absolute Gasteiger partial charge is 0.240 e. The number of benzene rings is 3. The molecule has 1 fully saturated rings. The van der Waals surface area contributed by atoms with Crippen LogP contribution in [0.3, 0.4) is 0 Å². The van der Waals surface area contributed by atoms with E-state index < -0.39 is 21.9 Å². The molecule has 3 aromatic rings. The molecule has 0 aliphatic carbocycles. The SMILES string of the molecule is CN1CCN(C(CNS(=O)(=O)c2ccc(Oc3ccccc3)cc2)c2ccc(Cl)cc2F)CC1. The second kappa shape index (κ2) is 10.8. The molecule has 0 saturated carbocycles. The van der Waals surface area contributed by atoms with Gasteiger partial charge >= 0.3 is 0 Å². The van der Waals surface area contributed by atoms with Gasteiger partial charge in [-0.3, -0.25) is 4.90 Å². The summed E-state index contributed by atoms with van der Waals surface area (Å²) in [5.41, 5.74) is 0.420. The number of hydrogen-bond donors (Lipinski definition) is 1. The van der Waals surface area contributed by atoms with Gasteiger partial charge in [-0.25, -0.2) is 17.5 Å². The molecular weight excluding hydrogens is 477 g/mol. The fourth-order valence-electron chi connectivity index (χ4n) is 3.92. The van der Waals surface area contributed by atoms with E-state index in [2.05, 4.69) is 14.5 Å². The lowest BCUT2D eigenvalue weighted by Crippen LogP contribution is -2.48. The summed E-state index contributed by atoms with van der Waals surface area (Å²) in [5, 5.41) is 0.303. The maximum absolute atomic E-state index is 14.8. The quantitative estimate of drug-likeness (QED) is 0.489. The van der Waals surface area contributed by atoms with Crippen molar-refractivity contribution in [2.45, 2.75) is 10.9 Å². The van der Waals surface area contributed by atoms with E-state index in [0.29, 0.717) is 35.2 Å². The third-order valence-electron chi connectivity index (χ3n) is 5.88. The van der Waals surface area contributed by atoms with Gasteiger partial charge in [-0.2, -0.15) is 0 Å². The number of nitrogens with zero attached hydrogens (tertiary/aromatic N) is 2. The first-order valence-corrected chi connectivity index (χ1v) is 12.9. The Morgan fingerprint density at radius 1 is 0.971 bits per heavy atom. The molecule has 1 N–H and O–H groups in total. The van der Waals surface area contributed by atoms with E-state index in [4.69, 9.17) is 16.3 Å². The Morgan fingerprint density at radius 3 is 2.26 bits per heavy atom. The van der Waals surface area contributed by atoms with Crippen molar-refractivity contribution >= 4 is 21.6 Å². The molecule has 0 amide bonds. The van der Waals surface area contributed by atoms with Crippen molar-refractivity contribution in [3.63, 3.8) is 0 Å². The number of halogens is 2. The molecule has 1 heterocycles. The van der Waals surface area contributed by atoms with Crippen molar-refractivity contribution in [1.82, 2.24) is 14.5 Å². The minimum atomic E-state index is -3.81. The molecule has 1 aliphatic rings. The average molecular weight is 504 g/mol. The van der Waals surface area contributed by atoms with E-state index in [0.717, 1.165) is 13.1 Å². The predicted molar refractivity (Wildman–Crippen MR) is 131 cm³/mol. The number of hydrogen-bond acceptors (Lipinski definition) is 5. The van der Waals surface area contributed by atoms with Gasteiger partial charge in [0.2, 0.25) is 10.0 Å². The summed E-state index contributed by atoms with van der Waals surface area (Å²) in [6.45, 7) is 3.09. The third kappa shape index (κ3) is 6.14. The first-order chi connectivity index (χ1) is 16.3. The molecular formula is C25H27ClFN3O3S. The zero-order chi connectivity index (χ0) is 24.1. The van der Waals surface area contributed by atoms with Crippen molar-refractivity contribution in [3.05, 3.63) is 89.2 Å². The van der Waals surface area contributed by atoms with E-state index >= 15 is 0 Å². The number of para-hydroxylation sites is 1. The monoisotopic (exact) mass is 503 g/mol. The zero-order valence-corrected chi connectivity index (χ0v) is 20.4. The molecule has 34 heavy (non-hydrogen) atoms. The zero-order valence-electron chi connectivity index (χ0n) is 18.8. The van der Waals surface area contributed by atoms with Gasteiger partial charge in [0.05, 0.1) is 10.9 Å². The van der Waals surface area contributed by atoms with Crippen LogP contribution in [-0.2, 0) is 10.0 Å². The molecule has 0 spiro atoms. The number of rotatable bonds is 8. The van der Waals surface area contributed by atoms with Crippen LogP contribution in [0.15, 0.2) is 77.7 Å². The van der Waals surface area contributed by atoms with Gasteiger partial charge in [0.15, 0.2) is 0 Å². The fraction of sp³-hybridized carbons (Fsp3) is 0.280. The Bertz CT molecular complexity index is 1200. The Balaban J connectivity index is 1.49. The van der Waals surface area contributed by atoms with Crippen molar-refractivity contribution in [3.8, 4) is 11.5 Å². The van der Waals surface area contributed by atoms with E-state index in [-0.39, 0.29) is 11.4 Å². The maximum atomic E-state index is 14.8. The highest BCUT2D eigenvalue weighted by Gasteiger charge is 2.28. The van der Waals surface area contributed by atoms with Crippen LogP contribution in [0, 0.1) is 5.82 Å². The molecule has 9 heteroatoms. The Morgan fingerprint density at radius 2 is 1.62 bits per heavy atom. The second-order valence-electron chi connectivity index (χ2n) is 8.26. The molecule has 0 bridgehead atoms. The largest absolute Gasteiger partial charge is 0.457 e. The molecule has 1 unspecified atom stereocenters. The van der Waals surface area contributed by atoms with Crippen LogP contribution in [0.1, 0.15) is 11.6 Å². The van der Waals surface area contributed by atoms with Crippen LogP contribution in [0.2, 0.25) is 5.02 Å². The minimum Gasteiger partial charge on any atom is -0.457 e. The van der Waals surface area contributed by atoms with E-state index in [1.165, 1.54) is 18.2 Å². The second-order valence-corrected chi connectivity index (χ2v) is 10.5. The summed E-state index contributed by atoms with van der Waals surface area (Å²) < 4.78 is 49.2. The van der Waals surface area contributed by atoms with Crippen LogP contribution < -0.4 is 9.46 Å². The number of sulfonamides is 1. The minimum absolute atomic E-state index is 0.0346. The van der Waals surface area contributed by atoms with Crippen LogP contribution in [0.5, 0.6) is 11.5 Å². The van der Waals surface area contributed by atoms with E-state index in [9.17, 15) is 12.8 Å². The van der Waals surface area contributed by atoms with E-state index in [1.54, 1.807) is 24.3 Å². The topological polar surface area (TPSA) is 61.9 Å². The molecule has 1 aliphatic heterocycles. The molecule has 3 aromatic carbocycles. The predicted octanol–water partition coefficient (Wildman–Crippen LogP) is 4.54. The Hall–Kier alpha value is -2.49.